The summed E-state index contributed by atoms with van der Waals surface area (Å²) in [6.45, 7) is 5.68. The van der Waals surface area contributed by atoms with Gasteiger partial charge in [-0.15, -0.1) is 5.10 Å². The van der Waals surface area contributed by atoms with Crippen LogP contribution >= 0.6 is 0 Å². The van der Waals surface area contributed by atoms with E-state index in [4.69, 9.17) is 4.74 Å². The number of hydrogen-bond donors (Lipinski definition) is 1. The molecule has 1 heterocycles. The number of ether oxygens (including phenoxy) is 1. The number of nitrogens with zero attached hydrogens (tertiary/aromatic N) is 4. The highest BCUT2D eigenvalue weighted by Gasteiger charge is 2.20. The van der Waals surface area contributed by atoms with E-state index in [1.807, 2.05) is 20.8 Å². The molecule has 8 heteroatoms. The van der Waals surface area contributed by atoms with Crippen LogP contribution in [0.4, 0.5) is 0 Å². The molecular formula is C15H19N5O3. The first-order valence-electron chi connectivity index (χ1n) is 7.18. The van der Waals surface area contributed by atoms with E-state index in [1.165, 1.54) is 11.0 Å². The fourth-order valence-electron chi connectivity index (χ4n) is 1.67. The third-order valence-corrected chi connectivity index (χ3v) is 2.98. The van der Waals surface area contributed by atoms with E-state index in [-0.39, 0.29) is 18.9 Å². The lowest BCUT2D eigenvalue weighted by Crippen LogP contribution is -2.36. The SMILES string of the molecule is CC(C)(C)C(=O)NCCC(=O)Oc1ccc(-n2cnnn2)cc1. The lowest BCUT2D eigenvalue weighted by Gasteiger charge is -2.17. The van der Waals surface area contributed by atoms with Crippen molar-refractivity contribution in [2.45, 2.75) is 27.2 Å². The van der Waals surface area contributed by atoms with E-state index < -0.39 is 11.4 Å². The highest BCUT2D eigenvalue weighted by Crippen LogP contribution is 2.15. The van der Waals surface area contributed by atoms with Gasteiger partial charge in [-0.25, -0.2) is 4.68 Å². The van der Waals surface area contributed by atoms with Gasteiger partial charge in [-0.3, -0.25) is 9.59 Å². The van der Waals surface area contributed by atoms with Gasteiger partial charge in [0, 0.05) is 12.0 Å². The van der Waals surface area contributed by atoms with Crippen LogP contribution in [-0.4, -0.2) is 38.6 Å². The Kier molecular flexibility index (Phi) is 5.05. The van der Waals surface area contributed by atoms with Crippen molar-refractivity contribution in [3.05, 3.63) is 30.6 Å². The fraction of sp³-hybridized carbons (Fsp3) is 0.400. The lowest BCUT2D eigenvalue weighted by atomic mass is 9.96. The molecule has 1 aromatic heterocycles. The number of carbonyl (C=O) groups excluding carboxylic acids is 2. The summed E-state index contributed by atoms with van der Waals surface area (Å²) in [6, 6.07) is 6.78. The smallest absolute Gasteiger partial charge is 0.312 e. The molecule has 122 valence electrons. The first-order valence-corrected chi connectivity index (χ1v) is 7.18. The first-order chi connectivity index (χ1) is 10.9. The van der Waals surface area contributed by atoms with Crippen molar-refractivity contribution in [3.8, 4) is 11.4 Å². The van der Waals surface area contributed by atoms with Crippen molar-refractivity contribution in [1.82, 2.24) is 25.5 Å². The molecule has 0 aliphatic carbocycles. The van der Waals surface area contributed by atoms with E-state index in [0.717, 1.165) is 5.69 Å². The van der Waals surface area contributed by atoms with Gasteiger partial charge >= 0.3 is 5.97 Å². The van der Waals surface area contributed by atoms with Crippen LogP contribution in [-0.2, 0) is 9.59 Å². The van der Waals surface area contributed by atoms with E-state index in [0.29, 0.717) is 5.75 Å². The largest absolute Gasteiger partial charge is 0.426 e. The molecule has 0 radical (unpaired) electrons. The average molecular weight is 317 g/mol. The molecule has 0 atom stereocenters. The molecule has 0 aliphatic rings. The molecule has 1 amide bonds. The van der Waals surface area contributed by atoms with Crippen LogP contribution < -0.4 is 10.1 Å². The quantitative estimate of drug-likeness (QED) is 0.655. The normalized spacial score (nSPS) is 11.1. The Morgan fingerprint density at radius 3 is 2.48 bits per heavy atom. The Balaban J connectivity index is 1.80. The number of amides is 1. The molecule has 0 unspecified atom stereocenters. The van der Waals surface area contributed by atoms with Crippen molar-refractivity contribution < 1.29 is 14.3 Å². The summed E-state index contributed by atoms with van der Waals surface area (Å²) >= 11 is 0. The zero-order valence-electron chi connectivity index (χ0n) is 13.3. The molecule has 2 aromatic rings. The van der Waals surface area contributed by atoms with Crippen molar-refractivity contribution >= 4 is 11.9 Å². The molecule has 0 spiro atoms. The minimum Gasteiger partial charge on any atom is -0.426 e. The van der Waals surface area contributed by atoms with Gasteiger partial charge in [0.15, 0.2) is 0 Å². The van der Waals surface area contributed by atoms with Crippen LogP contribution in [0.15, 0.2) is 30.6 Å². The summed E-state index contributed by atoms with van der Waals surface area (Å²) in [5.74, 6) is -0.0838. The highest BCUT2D eigenvalue weighted by atomic mass is 16.5. The van der Waals surface area contributed by atoms with Crippen molar-refractivity contribution in [3.63, 3.8) is 0 Å². The number of esters is 1. The Hall–Kier alpha value is -2.77. The minimum absolute atomic E-state index is 0.101. The molecule has 1 aromatic carbocycles. The molecular weight excluding hydrogens is 298 g/mol. The number of carbonyl (C=O) groups is 2. The summed E-state index contributed by atoms with van der Waals surface area (Å²) in [4.78, 5) is 23.4. The second-order valence-corrected chi connectivity index (χ2v) is 5.98. The van der Waals surface area contributed by atoms with Crippen LogP contribution in [0.25, 0.3) is 5.69 Å². The number of benzene rings is 1. The number of nitrogens with one attached hydrogen (secondary N) is 1. The highest BCUT2D eigenvalue weighted by molar-refractivity contribution is 5.82. The molecule has 0 bridgehead atoms. The number of rotatable bonds is 5. The molecule has 2 rings (SSSR count). The maximum Gasteiger partial charge on any atom is 0.312 e. The Labute approximate surface area is 133 Å². The molecule has 1 N–H and O–H groups in total. The number of aromatic nitrogens is 4. The fourth-order valence-corrected chi connectivity index (χ4v) is 1.67. The molecule has 0 saturated heterocycles. The summed E-state index contributed by atoms with van der Waals surface area (Å²) in [5, 5.41) is 13.6. The molecule has 0 saturated carbocycles. The van der Waals surface area contributed by atoms with E-state index in [1.54, 1.807) is 24.3 Å². The number of hydrogen-bond acceptors (Lipinski definition) is 6. The van der Waals surface area contributed by atoms with Gasteiger partial charge < -0.3 is 10.1 Å². The maximum absolute atomic E-state index is 11.7. The molecule has 0 fully saturated rings. The van der Waals surface area contributed by atoms with Gasteiger partial charge in [0.05, 0.1) is 12.1 Å². The maximum atomic E-state index is 11.7. The predicted molar refractivity (Wildman–Crippen MR) is 81.9 cm³/mol. The van der Waals surface area contributed by atoms with Gasteiger partial charge in [-0.05, 0) is 34.7 Å². The second kappa shape index (κ2) is 6.99. The van der Waals surface area contributed by atoms with Gasteiger partial charge in [0.1, 0.15) is 12.1 Å². The van der Waals surface area contributed by atoms with Gasteiger partial charge in [-0.1, -0.05) is 20.8 Å². The van der Waals surface area contributed by atoms with Gasteiger partial charge in [0.2, 0.25) is 5.91 Å². The van der Waals surface area contributed by atoms with Crippen LogP contribution in [0.1, 0.15) is 27.2 Å². The monoisotopic (exact) mass is 317 g/mol. The molecule has 0 aliphatic heterocycles. The van der Waals surface area contributed by atoms with Crippen molar-refractivity contribution in [2.24, 2.45) is 5.41 Å². The zero-order valence-corrected chi connectivity index (χ0v) is 13.3. The zero-order chi connectivity index (χ0) is 16.9. The number of tetrazole rings is 1. The van der Waals surface area contributed by atoms with E-state index in [9.17, 15) is 9.59 Å². The molecule has 8 nitrogen and oxygen atoms in total. The van der Waals surface area contributed by atoms with Crippen LogP contribution in [0.2, 0.25) is 0 Å². The Bertz CT molecular complexity index is 659. The van der Waals surface area contributed by atoms with Gasteiger partial charge in [-0.2, -0.15) is 0 Å². The summed E-state index contributed by atoms with van der Waals surface area (Å²) < 4.78 is 6.70. The standard InChI is InChI=1S/C15H19N5O3/c1-15(2,3)14(22)16-9-8-13(21)23-12-6-4-11(5-7-12)20-10-17-18-19-20/h4-7,10H,8-9H2,1-3H3,(H,16,22). The summed E-state index contributed by atoms with van der Waals surface area (Å²) in [5.41, 5.74) is 0.280. The summed E-state index contributed by atoms with van der Waals surface area (Å²) in [6.07, 6.45) is 1.58. The first kappa shape index (κ1) is 16.6. The lowest BCUT2D eigenvalue weighted by molar-refractivity contribution is -0.134. The summed E-state index contributed by atoms with van der Waals surface area (Å²) in [7, 11) is 0. The average Bonchev–Trinajstić information content (AvgIpc) is 3.01. The van der Waals surface area contributed by atoms with E-state index >= 15 is 0 Å². The van der Waals surface area contributed by atoms with Gasteiger partial charge in [0.25, 0.3) is 0 Å². The Morgan fingerprint density at radius 1 is 1.22 bits per heavy atom. The second-order valence-electron chi connectivity index (χ2n) is 5.98. The minimum atomic E-state index is -0.476. The molecule has 23 heavy (non-hydrogen) atoms. The van der Waals surface area contributed by atoms with Crippen LogP contribution in [0.5, 0.6) is 5.75 Å². The van der Waals surface area contributed by atoms with Crippen molar-refractivity contribution in [1.29, 1.82) is 0 Å². The predicted octanol–water partition coefficient (Wildman–Crippen LogP) is 1.12. The van der Waals surface area contributed by atoms with Crippen LogP contribution in [0, 0.1) is 5.41 Å². The topological polar surface area (TPSA) is 99.0 Å². The third-order valence-electron chi connectivity index (χ3n) is 2.98. The van der Waals surface area contributed by atoms with E-state index in [2.05, 4.69) is 20.8 Å². The van der Waals surface area contributed by atoms with Crippen molar-refractivity contribution in [2.75, 3.05) is 6.54 Å². The Morgan fingerprint density at radius 2 is 1.91 bits per heavy atom. The third kappa shape index (κ3) is 4.87. The van der Waals surface area contributed by atoms with Crippen LogP contribution in [0.3, 0.4) is 0 Å².